The van der Waals surface area contributed by atoms with E-state index in [1.807, 2.05) is 6.20 Å². The summed E-state index contributed by atoms with van der Waals surface area (Å²) in [7, 11) is 0. The monoisotopic (exact) mass is 263 g/mol. The highest BCUT2D eigenvalue weighted by Crippen LogP contribution is 2.41. The van der Waals surface area contributed by atoms with Crippen LogP contribution in [0.5, 0.6) is 0 Å². The molecule has 0 radical (unpaired) electrons. The van der Waals surface area contributed by atoms with Gasteiger partial charge in [0.25, 0.3) is 0 Å². The van der Waals surface area contributed by atoms with Crippen LogP contribution in [0.4, 0.5) is 0 Å². The van der Waals surface area contributed by atoms with Gasteiger partial charge in [0.1, 0.15) is 5.82 Å². The second kappa shape index (κ2) is 6.08. The van der Waals surface area contributed by atoms with E-state index in [4.69, 9.17) is 0 Å². The largest absolute Gasteiger partial charge is 0.330 e. The maximum Gasteiger partial charge on any atom is 0.108 e. The van der Waals surface area contributed by atoms with Gasteiger partial charge >= 0.3 is 0 Å². The molecule has 0 aliphatic heterocycles. The zero-order valence-corrected chi connectivity index (χ0v) is 12.9. The van der Waals surface area contributed by atoms with E-state index in [1.165, 1.54) is 31.5 Å². The van der Waals surface area contributed by atoms with E-state index >= 15 is 0 Å². The van der Waals surface area contributed by atoms with Gasteiger partial charge in [-0.15, -0.1) is 0 Å². The highest BCUT2D eigenvalue weighted by molar-refractivity contribution is 5.03. The molecule has 1 N–H and O–H groups in total. The van der Waals surface area contributed by atoms with Gasteiger partial charge in [0.2, 0.25) is 0 Å². The van der Waals surface area contributed by atoms with Crippen LogP contribution in [-0.4, -0.2) is 22.1 Å². The Morgan fingerprint density at radius 1 is 1.42 bits per heavy atom. The van der Waals surface area contributed by atoms with Crippen LogP contribution in [0.3, 0.4) is 0 Å². The Morgan fingerprint density at radius 2 is 2.21 bits per heavy atom. The number of rotatable bonds is 5. The molecule has 3 heteroatoms. The summed E-state index contributed by atoms with van der Waals surface area (Å²) in [5.74, 6) is 1.26. The number of aryl methyl sites for hydroxylation is 1. The fraction of sp³-hybridized carbons (Fsp3) is 0.812. The number of hydrogen-bond donors (Lipinski definition) is 1. The number of nitrogens with one attached hydrogen (secondary N) is 1. The second-order valence-corrected chi connectivity index (χ2v) is 6.48. The van der Waals surface area contributed by atoms with Crippen LogP contribution in [0, 0.1) is 5.41 Å². The molecular formula is C16H29N3. The molecule has 0 aromatic carbocycles. The third kappa shape index (κ3) is 3.02. The Balaban J connectivity index is 2.27. The molecule has 1 aromatic rings. The molecule has 0 bridgehead atoms. The first-order chi connectivity index (χ1) is 9.10. The number of imidazole rings is 1. The highest BCUT2D eigenvalue weighted by Gasteiger charge is 2.39. The Bertz CT molecular complexity index is 394. The lowest BCUT2D eigenvalue weighted by atomic mass is 9.70. The maximum atomic E-state index is 4.56. The summed E-state index contributed by atoms with van der Waals surface area (Å²) < 4.78 is 2.44. The molecule has 1 aromatic heterocycles. The minimum absolute atomic E-state index is 0.368. The molecule has 0 saturated heterocycles. The molecular weight excluding hydrogens is 234 g/mol. The lowest BCUT2D eigenvalue weighted by Gasteiger charge is -2.45. The quantitative estimate of drug-likeness (QED) is 0.880. The van der Waals surface area contributed by atoms with Crippen LogP contribution in [-0.2, 0) is 6.42 Å². The van der Waals surface area contributed by atoms with Crippen molar-refractivity contribution >= 4 is 0 Å². The smallest absolute Gasteiger partial charge is 0.108 e. The molecule has 2 rings (SSSR count). The molecule has 1 aliphatic carbocycles. The molecule has 1 saturated carbocycles. The van der Waals surface area contributed by atoms with E-state index < -0.39 is 0 Å². The lowest BCUT2D eigenvalue weighted by molar-refractivity contribution is 0.112. The predicted octanol–water partition coefficient (Wildman–Crippen LogP) is 3.56. The first-order valence-corrected chi connectivity index (χ1v) is 7.85. The summed E-state index contributed by atoms with van der Waals surface area (Å²) >= 11 is 0. The molecule has 3 nitrogen and oxygen atoms in total. The van der Waals surface area contributed by atoms with Crippen LogP contribution in [0.15, 0.2) is 12.4 Å². The summed E-state index contributed by atoms with van der Waals surface area (Å²) in [5.41, 5.74) is 0.368. The van der Waals surface area contributed by atoms with Crippen LogP contribution in [0.1, 0.15) is 65.2 Å². The van der Waals surface area contributed by atoms with Crippen molar-refractivity contribution in [2.75, 3.05) is 6.54 Å². The number of nitrogens with zero attached hydrogens (tertiary/aromatic N) is 2. The molecule has 108 valence electrons. The standard InChI is InChI=1S/C16H29N3/c1-5-8-14-18-11-12-19(14)13-9-7-10-16(3,4)15(13)17-6-2/h11-13,15,17H,5-10H2,1-4H3. The van der Waals surface area contributed by atoms with Crippen molar-refractivity contribution in [3.05, 3.63) is 18.2 Å². The van der Waals surface area contributed by atoms with Gasteiger partial charge in [-0.3, -0.25) is 0 Å². The number of hydrogen-bond acceptors (Lipinski definition) is 2. The zero-order valence-electron chi connectivity index (χ0n) is 12.9. The lowest BCUT2D eigenvalue weighted by Crippen LogP contribution is -2.50. The molecule has 0 amide bonds. The van der Waals surface area contributed by atoms with Gasteiger partial charge in [0, 0.05) is 24.9 Å². The van der Waals surface area contributed by atoms with Gasteiger partial charge in [-0.05, 0) is 31.2 Å². The van der Waals surface area contributed by atoms with Crippen molar-refractivity contribution in [3.8, 4) is 0 Å². The summed E-state index contributed by atoms with van der Waals surface area (Å²) in [6, 6.07) is 1.11. The highest BCUT2D eigenvalue weighted by atomic mass is 15.1. The van der Waals surface area contributed by atoms with E-state index in [9.17, 15) is 0 Å². The minimum Gasteiger partial charge on any atom is -0.330 e. The first kappa shape index (κ1) is 14.6. The van der Waals surface area contributed by atoms with Crippen LogP contribution in [0.2, 0.25) is 0 Å². The van der Waals surface area contributed by atoms with Crippen molar-refractivity contribution in [2.45, 2.75) is 71.9 Å². The molecule has 2 unspecified atom stereocenters. The Labute approximate surface area is 117 Å². The predicted molar refractivity (Wildman–Crippen MR) is 80.4 cm³/mol. The molecule has 1 aliphatic rings. The van der Waals surface area contributed by atoms with Gasteiger partial charge in [-0.2, -0.15) is 0 Å². The summed E-state index contributed by atoms with van der Waals surface area (Å²) in [5, 5.41) is 3.73. The molecule has 2 atom stereocenters. The van der Waals surface area contributed by atoms with E-state index in [-0.39, 0.29) is 0 Å². The third-order valence-electron chi connectivity index (χ3n) is 4.55. The molecule has 1 fully saturated rings. The molecule has 1 heterocycles. The van der Waals surface area contributed by atoms with Gasteiger partial charge in [-0.1, -0.05) is 34.1 Å². The topological polar surface area (TPSA) is 29.9 Å². The summed E-state index contributed by atoms with van der Waals surface area (Å²) in [4.78, 5) is 4.56. The van der Waals surface area contributed by atoms with Gasteiger partial charge in [0.15, 0.2) is 0 Å². The Hall–Kier alpha value is -0.830. The Morgan fingerprint density at radius 3 is 2.89 bits per heavy atom. The van der Waals surface area contributed by atoms with Gasteiger partial charge < -0.3 is 9.88 Å². The van der Waals surface area contributed by atoms with Crippen molar-refractivity contribution < 1.29 is 0 Å². The zero-order chi connectivity index (χ0) is 13.9. The van der Waals surface area contributed by atoms with Crippen LogP contribution >= 0.6 is 0 Å². The van der Waals surface area contributed by atoms with Gasteiger partial charge in [0.05, 0.1) is 6.04 Å². The maximum absolute atomic E-state index is 4.56. The van der Waals surface area contributed by atoms with E-state index in [0.29, 0.717) is 17.5 Å². The van der Waals surface area contributed by atoms with E-state index in [1.54, 1.807) is 0 Å². The average molecular weight is 263 g/mol. The second-order valence-electron chi connectivity index (χ2n) is 6.48. The Kier molecular flexibility index (Phi) is 4.67. The van der Waals surface area contributed by atoms with Crippen molar-refractivity contribution in [1.82, 2.24) is 14.9 Å². The van der Waals surface area contributed by atoms with Crippen LogP contribution in [0.25, 0.3) is 0 Å². The average Bonchev–Trinajstić information content (AvgIpc) is 2.80. The fourth-order valence-corrected chi connectivity index (χ4v) is 3.60. The summed E-state index contributed by atoms with van der Waals surface area (Å²) in [6.07, 6.45) is 10.3. The van der Waals surface area contributed by atoms with E-state index in [2.05, 4.69) is 48.8 Å². The number of likely N-dealkylation sites (N-methyl/N-ethyl adjacent to an activating group) is 1. The molecule has 0 spiro atoms. The first-order valence-electron chi connectivity index (χ1n) is 7.85. The minimum atomic E-state index is 0.368. The van der Waals surface area contributed by atoms with Gasteiger partial charge in [-0.25, -0.2) is 4.98 Å². The van der Waals surface area contributed by atoms with Crippen LogP contribution < -0.4 is 5.32 Å². The van der Waals surface area contributed by atoms with Crippen molar-refractivity contribution in [1.29, 1.82) is 0 Å². The fourth-order valence-electron chi connectivity index (χ4n) is 3.60. The third-order valence-corrected chi connectivity index (χ3v) is 4.55. The van der Waals surface area contributed by atoms with Crippen molar-refractivity contribution in [2.24, 2.45) is 5.41 Å². The number of aromatic nitrogens is 2. The summed E-state index contributed by atoms with van der Waals surface area (Å²) in [6.45, 7) is 10.3. The van der Waals surface area contributed by atoms with Crippen molar-refractivity contribution in [3.63, 3.8) is 0 Å². The normalized spacial score (nSPS) is 26.5. The molecule has 19 heavy (non-hydrogen) atoms. The van der Waals surface area contributed by atoms with E-state index in [0.717, 1.165) is 13.0 Å². The SMILES string of the molecule is CCCc1nccn1C1CCCC(C)(C)C1NCC.